The minimum Gasteiger partial charge on any atom is -0.287 e. The third kappa shape index (κ3) is 2.04. The van der Waals surface area contributed by atoms with E-state index in [0.717, 1.165) is 0 Å². The van der Waals surface area contributed by atoms with Crippen LogP contribution in [-0.4, -0.2) is 15.8 Å². The summed E-state index contributed by atoms with van der Waals surface area (Å²) in [5.74, 6) is -0.605. The first-order valence-corrected chi connectivity index (χ1v) is 4.33. The molecular formula is C11H7FN2O. The summed E-state index contributed by atoms with van der Waals surface area (Å²) in [6, 6.07) is 6.87. The third-order valence-electron chi connectivity index (χ3n) is 1.92. The van der Waals surface area contributed by atoms with Crippen molar-refractivity contribution < 1.29 is 9.18 Å². The summed E-state index contributed by atoms with van der Waals surface area (Å²) >= 11 is 0. The summed E-state index contributed by atoms with van der Waals surface area (Å²) < 4.78 is 12.6. The van der Waals surface area contributed by atoms with Crippen LogP contribution in [0.3, 0.4) is 0 Å². The Morgan fingerprint density at radius 3 is 2.47 bits per heavy atom. The average Bonchev–Trinajstić information content (AvgIpc) is 2.30. The van der Waals surface area contributed by atoms with Crippen LogP contribution in [0.4, 0.5) is 4.39 Å². The van der Waals surface area contributed by atoms with Gasteiger partial charge in [-0.25, -0.2) is 14.4 Å². The lowest BCUT2D eigenvalue weighted by Crippen LogP contribution is -2.03. The number of carbonyl (C=O) groups is 1. The Balaban J connectivity index is 2.33. The summed E-state index contributed by atoms with van der Waals surface area (Å²) in [7, 11) is 0. The van der Waals surface area contributed by atoms with Crippen molar-refractivity contribution >= 4 is 5.78 Å². The van der Waals surface area contributed by atoms with Crippen molar-refractivity contribution in [1.82, 2.24) is 9.97 Å². The van der Waals surface area contributed by atoms with Gasteiger partial charge in [-0.2, -0.15) is 0 Å². The molecule has 1 aromatic heterocycles. The summed E-state index contributed by atoms with van der Waals surface area (Å²) in [5, 5.41) is 0. The van der Waals surface area contributed by atoms with Crippen LogP contribution in [0.25, 0.3) is 0 Å². The van der Waals surface area contributed by atoms with Crippen LogP contribution >= 0.6 is 0 Å². The van der Waals surface area contributed by atoms with Crippen LogP contribution < -0.4 is 0 Å². The Morgan fingerprint density at radius 1 is 1.13 bits per heavy atom. The Labute approximate surface area is 85.6 Å². The number of rotatable bonds is 2. The third-order valence-corrected chi connectivity index (χ3v) is 1.92. The Morgan fingerprint density at radius 2 is 1.87 bits per heavy atom. The molecule has 0 aliphatic rings. The van der Waals surface area contributed by atoms with Gasteiger partial charge >= 0.3 is 0 Å². The number of aromatic nitrogens is 2. The van der Waals surface area contributed by atoms with E-state index in [0.29, 0.717) is 11.3 Å². The fraction of sp³-hybridized carbons (Fsp3) is 0. The molecule has 2 rings (SSSR count). The summed E-state index contributed by atoms with van der Waals surface area (Å²) in [6.45, 7) is 0. The molecule has 1 heterocycles. The minimum absolute atomic E-state index is 0.239. The zero-order chi connectivity index (χ0) is 10.7. The second-order valence-electron chi connectivity index (χ2n) is 2.93. The number of hydrogen-bond donors (Lipinski definition) is 0. The molecule has 74 valence electrons. The van der Waals surface area contributed by atoms with E-state index in [9.17, 15) is 9.18 Å². The van der Waals surface area contributed by atoms with Gasteiger partial charge < -0.3 is 0 Å². The van der Waals surface area contributed by atoms with E-state index < -0.39 is 0 Å². The SMILES string of the molecule is O=C(c1ccc(F)cc1)c1ccncn1. The van der Waals surface area contributed by atoms with Crippen LogP contribution in [0.2, 0.25) is 0 Å². The highest BCUT2D eigenvalue weighted by molar-refractivity contribution is 6.07. The van der Waals surface area contributed by atoms with Crippen LogP contribution in [0.15, 0.2) is 42.9 Å². The van der Waals surface area contributed by atoms with Crippen LogP contribution in [-0.2, 0) is 0 Å². The van der Waals surface area contributed by atoms with Gasteiger partial charge in [-0.1, -0.05) is 0 Å². The normalized spacial score (nSPS) is 9.93. The fourth-order valence-electron chi connectivity index (χ4n) is 1.17. The van der Waals surface area contributed by atoms with E-state index in [1.54, 1.807) is 0 Å². The van der Waals surface area contributed by atoms with Crippen molar-refractivity contribution in [1.29, 1.82) is 0 Å². The minimum atomic E-state index is -0.366. The van der Waals surface area contributed by atoms with Gasteiger partial charge in [0.2, 0.25) is 5.78 Å². The van der Waals surface area contributed by atoms with Crippen molar-refractivity contribution in [3.05, 3.63) is 59.9 Å². The molecule has 0 aliphatic heterocycles. The molecule has 3 nitrogen and oxygen atoms in total. The Hall–Kier alpha value is -2.10. The maximum absolute atomic E-state index is 12.6. The van der Waals surface area contributed by atoms with Gasteiger partial charge in [0.1, 0.15) is 17.8 Å². The topological polar surface area (TPSA) is 42.9 Å². The van der Waals surface area contributed by atoms with E-state index in [1.165, 1.54) is 42.9 Å². The molecule has 0 aliphatic carbocycles. The predicted molar refractivity (Wildman–Crippen MR) is 51.9 cm³/mol. The molecule has 0 atom stereocenters. The van der Waals surface area contributed by atoms with Gasteiger partial charge in [0.25, 0.3) is 0 Å². The summed E-state index contributed by atoms with van der Waals surface area (Å²) in [5.41, 5.74) is 0.715. The standard InChI is InChI=1S/C11H7FN2O/c12-9-3-1-8(2-4-9)11(15)10-5-6-13-7-14-10/h1-7H. The molecule has 0 spiro atoms. The second-order valence-corrected chi connectivity index (χ2v) is 2.93. The molecule has 0 saturated heterocycles. The number of nitrogens with zero attached hydrogens (tertiary/aromatic N) is 2. The van der Waals surface area contributed by atoms with E-state index in [4.69, 9.17) is 0 Å². The number of ketones is 1. The smallest absolute Gasteiger partial charge is 0.211 e. The second kappa shape index (κ2) is 3.96. The van der Waals surface area contributed by atoms with Gasteiger partial charge in [-0.05, 0) is 30.3 Å². The largest absolute Gasteiger partial charge is 0.287 e. The van der Waals surface area contributed by atoms with Crippen LogP contribution in [0, 0.1) is 5.82 Å². The maximum atomic E-state index is 12.6. The van der Waals surface area contributed by atoms with Gasteiger partial charge in [0, 0.05) is 11.8 Å². The van der Waals surface area contributed by atoms with E-state index in [1.807, 2.05) is 0 Å². The molecule has 0 N–H and O–H groups in total. The zero-order valence-electron chi connectivity index (χ0n) is 7.72. The zero-order valence-corrected chi connectivity index (χ0v) is 7.72. The van der Waals surface area contributed by atoms with Crippen molar-refractivity contribution in [3.63, 3.8) is 0 Å². The molecule has 0 saturated carbocycles. The van der Waals surface area contributed by atoms with Crippen molar-refractivity contribution in [2.75, 3.05) is 0 Å². The van der Waals surface area contributed by atoms with Crippen molar-refractivity contribution in [2.45, 2.75) is 0 Å². The van der Waals surface area contributed by atoms with E-state index in [-0.39, 0.29) is 11.6 Å². The van der Waals surface area contributed by atoms with Gasteiger partial charge in [-0.3, -0.25) is 4.79 Å². The first-order chi connectivity index (χ1) is 7.27. The molecule has 0 unspecified atom stereocenters. The average molecular weight is 202 g/mol. The number of halogens is 1. The molecular weight excluding hydrogens is 195 g/mol. The molecule has 0 amide bonds. The summed E-state index contributed by atoms with van der Waals surface area (Å²) in [4.78, 5) is 19.3. The molecule has 0 bridgehead atoms. The summed E-state index contributed by atoms with van der Waals surface area (Å²) in [6.07, 6.45) is 2.79. The van der Waals surface area contributed by atoms with E-state index in [2.05, 4.69) is 9.97 Å². The van der Waals surface area contributed by atoms with Crippen molar-refractivity contribution in [3.8, 4) is 0 Å². The monoisotopic (exact) mass is 202 g/mol. The lowest BCUT2D eigenvalue weighted by atomic mass is 10.1. The molecule has 2 aromatic rings. The Kier molecular flexibility index (Phi) is 2.49. The van der Waals surface area contributed by atoms with Gasteiger partial charge in [0.15, 0.2) is 0 Å². The molecule has 0 radical (unpaired) electrons. The lowest BCUT2D eigenvalue weighted by Gasteiger charge is -1.98. The van der Waals surface area contributed by atoms with E-state index >= 15 is 0 Å². The van der Waals surface area contributed by atoms with Crippen molar-refractivity contribution in [2.24, 2.45) is 0 Å². The Bertz CT molecular complexity index is 468. The molecule has 0 fully saturated rings. The lowest BCUT2D eigenvalue weighted by molar-refractivity contribution is 0.103. The number of carbonyl (C=O) groups excluding carboxylic acids is 1. The number of benzene rings is 1. The molecule has 15 heavy (non-hydrogen) atoms. The quantitative estimate of drug-likeness (QED) is 0.698. The first-order valence-electron chi connectivity index (χ1n) is 4.33. The predicted octanol–water partition coefficient (Wildman–Crippen LogP) is 1.85. The fourth-order valence-corrected chi connectivity index (χ4v) is 1.17. The van der Waals surface area contributed by atoms with Gasteiger partial charge in [-0.15, -0.1) is 0 Å². The van der Waals surface area contributed by atoms with Crippen LogP contribution in [0.1, 0.15) is 16.1 Å². The van der Waals surface area contributed by atoms with Gasteiger partial charge in [0.05, 0.1) is 0 Å². The van der Waals surface area contributed by atoms with Crippen LogP contribution in [0.5, 0.6) is 0 Å². The highest BCUT2D eigenvalue weighted by Gasteiger charge is 2.09. The molecule has 1 aromatic carbocycles. The molecule has 4 heteroatoms. The maximum Gasteiger partial charge on any atom is 0.211 e. The highest BCUT2D eigenvalue weighted by atomic mass is 19.1. The number of hydrogen-bond acceptors (Lipinski definition) is 3. The highest BCUT2D eigenvalue weighted by Crippen LogP contribution is 2.07. The first kappa shape index (κ1) is 9.45.